The van der Waals surface area contributed by atoms with Gasteiger partial charge in [0.1, 0.15) is 6.04 Å². The molecule has 110 valence electrons. The first kappa shape index (κ1) is 15.0. The number of carbonyl (C=O) groups is 1. The molecule has 0 unspecified atom stereocenters. The van der Waals surface area contributed by atoms with E-state index < -0.39 is 16.1 Å². The highest BCUT2D eigenvalue weighted by atomic mass is 32.2. The number of rotatable bonds is 3. The van der Waals surface area contributed by atoms with Crippen molar-refractivity contribution in [1.29, 1.82) is 0 Å². The number of benzene rings is 1. The quantitative estimate of drug-likeness (QED) is 0.922. The molecule has 2 rings (SSSR count). The Hall–Kier alpha value is -1.40. The number of nitrogens with one attached hydrogen (secondary N) is 1. The zero-order chi connectivity index (χ0) is 14.9. The van der Waals surface area contributed by atoms with Gasteiger partial charge in [0.25, 0.3) is 0 Å². The predicted octanol–water partition coefficient (Wildman–Crippen LogP) is 1.67. The first-order valence-electron chi connectivity index (χ1n) is 6.64. The Bertz CT molecular complexity index is 625. The highest BCUT2D eigenvalue weighted by Crippen LogP contribution is 2.23. The highest BCUT2D eigenvalue weighted by molar-refractivity contribution is 7.88. The second-order valence-corrected chi connectivity index (χ2v) is 7.20. The van der Waals surface area contributed by atoms with Gasteiger partial charge in [-0.25, -0.2) is 8.42 Å². The fourth-order valence-corrected chi connectivity index (χ4v) is 3.63. The monoisotopic (exact) mass is 296 g/mol. The summed E-state index contributed by atoms with van der Waals surface area (Å²) in [5, 5.41) is 2.85. The second-order valence-electron chi connectivity index (χ2n) is 5.27. The van der Waals surface area contributed by atoms with E-state index in [1.807, 2.05) is 32.0 Å². The van der Waals surface area contributed by atoms with E-state index in [0.29, 0.717) is 13.0 Å². The van der Waals surface area contributed by atoms with Crippen LogP contribution in [-0.2, 0) is 14.8 Å². The van der Waals surface area contributed by atoms with Crippen LogP contribution in [0.5, 0.6) is 0 Å². The summed E-state index contributed by atoms with van der Waals surface area (Å²) in [6.07, 6.45) is 2.44. The predicted molar refractivity (Wildman–Crippen MR) is 79.1 cm³/mol. The van der Waals surface area contributed by atoms with Gasteiger partial charge in [-0.1, -0.05) is 12.1 Å². The summed E-state index contributed by atoms with van der Waals surface area (Å²) in [7, 11) is -3.33. The van der Waals surface area contributed by atoms with Gasteiger partial charge in [0, 0.05) is 12.2 Å². The molecule has 0 saturated carbocycles. The molecule has 6 heteroatoms. The van der Waals surface area contributed by atoms with Crippen molar-refractivity contribution in [1.82, 2.24) is 4.31 Å². The average molecular weight is 296 g/mol. The summed E-state index contributed by atoms with van der Waals surface area (Å²) >= 11 is 0. The van der Waals surface area contributed by atoms with Crippen molar-refractivity contribution in [2.24, 2.45) is 0 Å². The molecule has 0 aliphatic carbocycles. The number of amides is 1. The normalized spacial score (nSPS) is 20.1. The van der Waals surface area contributed by atoms with Crippen LogP contribution < -0.4 is 5.32 Å². The van der Waals surface area contributed by atoms with Crippen LogP contribution in [0.4, 0.5) is 5.69 Å². The third kappa shape index (κ3) is 3.02. The lowest BCUT2D eigenvalue weighted by Crippen LogP contribution is -2.42. The number of nitrogens with zero attached hydrogens (tertiary/aromatic N) is 1. The fraction of sp³-hybridized carbons (Fsp3) is 0.500. The summed E-state index contributed by atoms with van der Waals surface area (Å²) in [6.45, 7) is 4.33. The summed E-state index contributed by atoms with van der Waals surface area (Å²) in [5.74, 6) is -0.248. The van der Waals surface area contributed by atoms with Gasteiger partial charge in [-0.15, -0.1) is 0 Å². The molecular weight excluding hydrogens is 276 g/mol. The summed E-state index contributed by atoms with van der Waals surface area (Å²) in [6, 6.07) is 5.09. The minimum absolute atomic E-state index is 0.248. The zero-order valence-corrected chi connectivity index (χ0v) is 12.8. The van der Waals surface area contributed by atoms with Crippen molar-refractivity contribution in [3.63, 3.8) is 0 Å². The van der Waals surface area contributed by atoms with E-state index in [9.17, 15) is 13.2 Å². The van der Waals surface area contributed by atoms with Gasteiger partial charge < -0.3 is 5.32 Å². The third-order valence-corrected chi connectivity index (χ3v) is 5.08. The molecule has 0 aromatic heterocycles. The molecule has 1 saturated heterocycles. The van der Waals surface area contributed by atoms with Crippen molar-refractivity contribution in [3.05, 3.63) is 29.3 Å². The van der Waals surface area contributed by atoms with Gasteiger partial charge >= 0.3 is 0 Å². The average Bonchev–Trinajstić information content (AvgIpc) is 2.84. The molecule has 1 aliphatic rings. The molecule has 1 fully saturated rings. The number of aryl methyl sites for hydroxylation is 1. The fourth-order valence-electron chi connectivity index (χ4n) is 2.50. The molecule has 1 aliphatic heterocycles. The first-order chi connectivity index (χ1) is 9.30. The maximum atomic E-state index is 12.3. The van der Waals surface area contributed by atoms with Gasteiger partial charge in [0.15, 0.2) is 0 Å². The number of anilines is 1. The number of sulfonamides is 1. The SMILES string of the molecule is Cc1cccc(NC(=O)[C@H]2CCCN2S(C)(=O)=O)c1C. The van der Waals surface area contributed by atoms with E-state index in [4.69, 9.17) is 0 Å². The van der Waals surface area contributed by atoms with Crippen LogP contribution in [-0.4, -0.2) is 37.5 Å². The standard InChI is InChI=1S/C14H20N2O3S/c1-10-6-4-7-12(11(10)2)15-14(17)13-8-5-9-16(13)20(3,18)19/h4,6-7,13H,5,8-9H2,1-3H3,(H,15,17)/t13-/m1/s1. The van der Waals surface area contributed by atoms with Crippen LogP contribution in [0.3, 0.4) is 0 Å². The van der Waals surface area contributed by atoms with E-state index in [0.717, 1.165) is 29.5 Å². The van der Waals surface area contributed by atoms with E-state index in [1.54, 1.807) is 0 Å². The lowest BCUT2D eigenvalue weighted by atomic mass is 10.1. The molecule has 1 aromatic carbocycles. The van der Waals surface area contributed by atoms with Crippen LogP contribution in [0.25, 0.3) is 0 Å². The largest absolute Gasteiger partial charge is 0.324 e. The molecule has 1 amide bonds. The molecule has 1 N–H and O–H groups in total. The highest BCUT2D eigenvalue weighted by Gasteiger charge is 2.36. The molecule has 1 heterocycles. The van der Waals surface area contributed by atoms with Gasteiger partial charge in [-0.05, 0) is 43.9 Å². The Morgan fingerprint density at radius 2 is 2.05 bits per heavy atom. The Morgan fingerprint density at radius 3 is 2.70 bits per heavy atom. The van der Waals surface area contributed by atoms with E-state index in [1.165, 1.54) is 4.31 Å². The summed E-state index contributed by atoms with van der Waals surface area (Å²) in [5.41, 5.74) is 2.84. The summed E-state index contributed by atoms with van der Waals surface area (Å²) < 4.78 is 24.6. The Labute approximate surface area is 120 Å². The molecule has 0 spiro atoms. The van der Waals surface area contributed by atoms with Crippen LogP contribution in [0.2, 0.25) is 0 Å². The second kappa shape index (κ2) is 5.54. The van der Waals surface area contributed by atoms with Crippen LogP contribution in [0.1, 0.15) is 24.0 Å². The van der Waals surface area contributed by atoms with E-state index >= 15 is 0 Å². The van der Waals surface area contributed by atoms with Gasteiger partial charge in [-0.2, -0.15) is 4.31 Å². The lowest BCUT2D eigenvalue weighted by molar-refractivity contribution is -0.119. The summed E-state index contributed by atoms with van der Waals surface area (Å²) in [4.78, 5) is 12.3. The minimum Gasteiger partial charge on any atom is -0.324 e. The van der Waals surface area contributed by atoms with Crippen molar-refractivity contribution in [2.45, 2.75) is 32.7 Å². The topological polar surface area (TPSA) is 66.5 Å². The molecular formula is C14H20N2O3S. The van der Waals surface area contributed by atoms with Gasteiger partial charge in [0.05, 0.1) is 6.26 Å². The third-order valence-electron chi connectivity index (χ3n) is 3.79. The lowest BCUT2D eigenvalue weighted by Gasteiger charge is -2.22. The molecule has 20 heavy (non-hydrogen) atoms. The zero-order valence-electron chi connectivity index (χ0n) is 12.0. The van der Waals surface area contributed by atoms with Crippen molar-refractivity contribution >= 4 is 21.6 Å². The smallest absolute Gasteiger partial charge is 0.242 e. The van der Waals surface area contributed by atoms with Crippen molar-refractivity contribution < 1.29 is 13.2 Å². The number of carbonyl (C=O) groups excluding carboxylic acids is 1. The Balaban J connectivity index is 2.18. The number of hydrogen-bond acceptors (Lipinski definition) is 3. The maximum absolute atomic E-state index is 12.3. The Kier molecular flexibility index (Phi) is 4.15. The van der Waals surface area contributed by atoms with Crippen molar-refractivity contribution in [2.75, 3.05) is 18.1 Å². The first-order valence-corrected chi connectivity index (χ1v) is 8.49. The number of hydrogen-bond donors (Lipinski definition) is 1. The van der Waals surface area contributed by atoms with Crippen molar-refractivity contribution in [3.8, 4) is 0 Å². The van der Waals surface area contributed by atoms with Gasteiger partial charge in [-0.3, -0.25) is 4.79 Å². The molecule has 5 nitrogen and oxygen atoms in total. The van der Waals surface area contributed by atoms with Crippen LogP contribution >= 0.6 is 0 Å². The molecule has 0 radical (unpaired) electrons. The van der Waals surface area contributed by atoms with E-state index in [2.05, 4.69) is 5.32 Å². The molecule has 1 aromatic rings. The van der Waals surface area contributed by atoms with E-state index in [-0.39, 0.29) is 5.91 Å². The van der Waals surface area contributed by atoms with Gasteiger partial charge in [0.2, 0.25) is 15.9 Å². The molecule has 1 atom stereocenters. The molecule has 0 bridgehead atoms. The van der Waals surface area contributed by atoms with Crippen LogP contribution in [0.15, 0.2) is 18.2 Å². The minimum atomic E-state index is -3.33. The van der Waals surface area contributed by atoms with Crippen LogP contribution in [0, 0.1) is 13.8 Å². The maximum Gasteiger partial charge on any atom is 0.242 e. The Morgan fingerprint density at radius 1 is 1.35 bits per heavy atom.